The highest BCUT2D eigenvalue weighted by molar-refractivity contribution is 5.75. The molecule has 2 fully saturated rings. The van der Waals surface area contributed by atoms with Gasteiger partial charge in [-0.2, -0.15) is 0 Å². The predicted octanol–water partition coefficient (Wildman–Crippen LogP) is 3.44. The third-order valence-electron chi connectivity index (χ3n) is 7.29. The number of aromatic hydroxyl groups is 1. The average Bonchev–Trinajstić information content (AvgIpc) is 3.44. The van der Waals surface area contributed by atoms with E-state index in [0.29, 0.717) is 5.75 Å². The van der Waals surface area contributed by atoms with Crippen LogP contribution in [0.5, 0.6) is 5.75 Å². The number of hydrogen-bond donors (Lipinski definition) is 3. The Labute approximate surface area is 170 Å². The summed E-state index contributed by atoms with van der Waals surface area (Å²) in [4.78, 5) is 0. The SMILES string of the molecule is Oc1c(-c2nnc(N[C@@H]3CCC[C@H]3O)c3c2C[C@H]2CC[C@@H]3O2)ccc2c1CCC2. The zero-order valence-electron chi connectivity index (χ0n) is 16.5. The molecule has 3 heterocycles. The van der Waals surface area contributed by atoms with Gasteiger partial charge in [0.1, 0.15) is 11.4 Å². The second-order valence-corrected chi connectivity index (χ2v) is 9.02. The standard InChI is InChI=1S/C23H27N3O3/c27-18-6-2-5-17(18)24-23-20-16(11-13-8-10-19(20)29-13)21(25-26-23)15-9-7-12-3-1-4-14(12)22(15)28/h7,9,13,17-19,27-28H,1-6,8,10-11H2,(H,24,26)/t13-,17-,18-,19+/m1/s1. The average molecular weight is 393 g/mol. The van der Waals surface area contributed by atoms with Crippen molar-refractivity contribution in [3.05, 3.63) is 34.4 Å². The Morgan fingerprint density at radius 1 is 1.00 bits per heavy atom. The van der Waals surface area contributed by atoms with Crippen LogP contribution in [0.1, 0.15) is 66.9 Å². The number of rotatable bonds is 3. The molecule has 152 valence electrons. The Morgan fingerprint density at radius 3 is 2.79 bits per heavy atom. The number of nitrogens with zero attached hydrogens (tertiary/aromatic N) is 2. The van der Waals surface area contributed by atoms with Gasteiger partial charge in [0.2, 0.25) is 0 Å². The van der Waals surface area contributed by atoms with Crippen LogP contribution >= 0.6 is 0 Å². The first-order chi connectivity index (χ1) is 14.2. The van der Waals surface area contributed by atoms with Crippen molar-refractivity contribution in [1.29, 1.82) is 0 Å². The molecule has 6 nitrogen and oxygen atoms in total. The minimum absolute atomic E-state index is 0.0202. The number of nitrogens with one attached hydrogen (secondary N) is 1. The van der Waals surface area contributed by atoms with Crippen LogP contribution in [-0.2, 0) is 24.0 Å². The number of aryl methyl sites for hydroxylation is 1. The Kier molecular flexibility index (Phi) is 4.06. The van der Waals surface area contributed by atoms with Crippen molar-refractivity contribution < 1.29 is 14.9 Å². The van der Waals surface area contributed by atoms with Crippen molar-refractivity contribution in [3.63, 3.8) is 0 Å². The fourth-order valence-electron chi connectivity index (χ4n) is 5.78. The van der Waals surface area contributed by atoms with Crippen LogP contribution < -0.4 is 5.32 Å². The minimum atomic E-state index is -0.339. The van der Waals surface area contributed by atoms with E-state index in [0.717, 1.165) is 91.6 Å². The molecule has 0 radical (unpaired) electrons. The van der Waals surface area contributed by atoms with Gasteiger partial charge in [-0.15, -0.1) is 10.2 Å². The lowest BCUT2D eigenvalue weighted by Gasteiger charge is -2.29. The highest BCUT2D eigenvalue weighted by Gasteiger charge is 2.39. The van der Waals surface area contributed by atoms with E-state index in [1.54, 1.807) is 0 Å². The van der Waals surface area contributed by atoms with Crippen LogP contribution in [-0.4, -0.2) is 38.7 Å². The third-order valence-corrected chi connectivity index (χ3v) is 7.29. The summed E-state index contributed by atoms with van der Waals surface area (Å²) in [6.07, 6.45) is 8.60. The molecule has 0 unspecified atom stereocenters. The van der Waals surface area contributed by atoms with Gasteiger partial charge in [-0.25, -0.2) is 0 Å². The Morgan fingerprint density at radius 2 is 1.93 bits per heavy atom. The van der Waals surface area contributed by atoms with Gasteiger partial charge >= 0.3 is 0 Å². The van der Waals surface area contributed by atoms with Gasteiger partial charge in [-0.1, -0.05) is 6.07 Å². The van der Waals surface area contributed by atoms with Crippen molar-refractivity contribution >= 4 is 5.82 Å². The summed E-state index contributed by atoms with van der Waals surface area (Å²) in [6.45, 7) is 0. The van der Waals surface area contributed by atoms with Crippen molar-refractivity contribution in [2.24, 2.45) is 0 Å². The number of hydrogen-bond acceptors (Lipinski definition) is 6. The molecule has 4 aliphatic rings. The van der Waals surface area contributed by atoms with Crippen molar-refractivity contribution in [3.8, 4) is 17.0 Å². The molecule has 29 heavy (non-hydrogen) atoms. The Hall–Kier alpha value is -2.18. The molecule has 1 saturated heterocycles. The van der Waals surface area contributed by atoms with E-state index >= 15 is 0 Å². The van der Waals surface area contributed by atoms with Crippen LogP contribution in [0.4, 0.5) is 5.82 Å². The summed E-state index contributed by atoms with van der Waals surface area (Å²) in [7, 11) is 0. The molecule has 0 amide bonds. The molecule has 1 saturated carbocycles. The van der Waals surface area contributed by atoms with Crippen LogP contribution in [0.15, 0.2) is 12.1 Å². The van der Waals surface area contributed by atoms with Gasteiger partial charge in [-0.05, 0) is 74.1 Å². The number of fused-ring (bicyclic) bond motifs is 5. The van der Waals surface area contributed by atoms with Crippen molar-refractivity contribution in [2.75, 3.05) is 5.32 Å². The molecule has 3 N–H and O–H groups in total. The first-order valence-corrected chi connectivity index (χ1v) is 11.0. The highest BCUT2D eigenvalue weighted by Crippen LogP contribution is 2.48. The van der Waals surface area contributed by atoms with Crippen LogP contribution in [0.3, 0.4) is 0 Å². The number of phenolic OH excluding ortho intramolecular Hbond substituents is 1. The Bertz CT molecular complexity index is 976. The third kappa shape index (κ3) is 2.76. The molecule has 2 bridgehead atoms. The topological polar surface area (TPSA) is 87.5 Å². The molecular formula is C23H27N3O3. The van der Waals surface area contributed by atoms with Gasteiger partial charge < -0.3 is 20.3 Å². The predicted molar refractivity (Wildman–Crippen MR) is 109 cm³/mol. The van der Waals surface area contributed by atoms with E-state index in [9.17, 15) is 10.2 Å². The van der Waals surface area contributed by atoms with Crippen molar-refractivity contribution in [2.45, 2.75) is 82.1 Å². The lowest BCUT2D eigenvalue weighted by molar-refractivity contribution is 0.0325. The van der Waals surface area contributed by atoms with Crippen LogP contribution in [0, 0.1) is 0 Å². The van der Waals surface area contributed by atoms with Gasteiger partial charge in [0, 0.05) is 17.5 Å². The quantitative estimate of drug-likeness (QED) is 0.740. The summed E-state index contributed by atoms with van der Waals surface area (Å²) < 4.78 is 6.22. The normalized spacial score (nSPS) is 29.7. The number of aliphatic hydroxyl groups excluding tert-OH is 1. The first kappa shape index (κ1) is 17.7. The largest absolute Gasteiger partial charge is 0.507 e. The summed E-state index contributed by atoms with van der Waals surface area (Å²) in [5.41, 5.74) is 6.16. The lowest BCUT2D eigenvalue weighted by Crippen LogP contribution is -2.30. The summed E-state index contributed by atoms with van der Waals surface area (Å²) >= 11 is 0. The van der Waals surface area contributed by atoms with Crippen molar-refractivity contribution in [1.82, 2.24) is 10.2 Å². The van der Waals surface area contributed by atoms with Crippen LogP contribution in [0.2, 0.25) is 0 Å². The fourth-order valence-corrected chi connectivity index (χ4v) is 5.78. The summed E-state index contributed by atoms with van der Waals surface area (Å²) in [5, 5.41) is 33.9. The molecule has 6 rings (SSSR count). The smallest absolute Gasteiger partial charge is 0.155 e. The van der Waals surface area contributed by atoms with E-state index in [2.05, 4.69) is 21.6 Å². The second kappa shape index (κ2) is 6.67. The van der Waals surface area contributed by atoms with E-state index in [-0.39, 0.29) is 24.4 Å². The Balaban J connectivity index is 1.47. The molecule has 2 aromatic rings. The highest BCUT2D eigenvalue weighted by atomic mass is 16.5. The maximum Gasteiger partial charge on any atom is 0.155 e. The van der Waals surface area contributed by atoms with E-state index in [1.165, 1.54) is 5.56 Å². The zero-order valence-corrected chi connectivity index (χ0v) is 16.5. The number of aliphatic hydroxyl groups is 1. The number of anilines is 1. The molecule has 1 aromatic carbocycles. The zero-order chi connectivity index (χ0) is 19.5. The van der Waals surface area contributed by atoms with E-state index < -0.39 is 0 Å². The maximum atomic E-state index is 11.0. The summed E-state index contributed by atoms with van der Waals surface area (Å²) in [6, 6.07) is 4.17. The van der Waals surface area contributed by atoms with Crippen LogP contribution in [0.25, 0.3) is 11.3 Å². The van der Waals surface area contributed by atoms with Gasteiger partial charge in [0.05, 0.1) is 24.4 Å². The molecule has 2 aliphatic carbocycles. The molecule has 6 heteroatoms. The lowest BCUT2D eigenvalue weighted by atomic mass is 9.92. The number of aromatic nitrogens is 2. The van der Waals surface area contributed by atoms with Gasteiger partial charge in [0.25, 0.3) is 0 Å². The molecule has 0 spiro atoms. The second-order valence-electron chi connectivity index (χ2n) is 9.02. The van der Waals surface area contributed by atoms with E-state index in [4.69, 9.17) is 4.74 Å². The number of phenols is 1. The minimum Gasteiger partial charge on any atom is -0.507 e. The molecule has 1 aromatic heterocycles. The van der Waals surface area contributed by atoms with Gasteiger partial charge in [0.15, 0.2) is 5.82 Å². The summed E-state index contributed by atoms with van der Waals surface area (Å²) in [5.74, 6) is 1.13. The first-order valence-electron chi connectivity index (χ1n) is 11.0. The molecule has 4 atom stereocenters. The maximum absolute atomic E-state index is 11.0. The molecular weight excluding hydrogens is 366 g/mol. The molecule has 2 aliphatic heterocycles. The fraction of sp³-hybridized carbons (Fsp3) is 0.565. The number of benzene rings is 1. The van der Waals surface area contributed by atoms with E-state index in [1.807, 2.05) is 6.07 Å². The monoisotopic (exact) mass is 393 g/mol. The van der Waals surface area contributed by atoms with Gasteiger partial charge in [-0.3, -0.25) is 0 Å². The number of ether oxygens (including phenoxy) is 1.